The normalized spacial score (nSPS) is 11.2. The maximum absolute atomic E-state index is 2.26. The van der Waals surface area contributed by atoms with Gasteiger partial charge in [0.15, 0.2) is 0 Å². The summed E-state index contributed by atoms with van der Waals surface area (Å²) in [5.74, 6) is 0. The number of allylic oxidation sites excluding steroid dienone is 2. The van der Waals surface area contributed by atoms with Crippen molar-refractivity contribution in [3.05, 3.63) is 60.2 Å². The van der Waals surface area contributed by atoms with E-state index in [2.05, 4.69) is 61.5 Å². The lowest BCUT2D eigenvalue weighted by atomic mass is 10.1. The Labute approximate surface area is 84.9 Å². The van der Waals surface area contributed by atoms with Crippen LogP contribution in [0.1, 0.15) is 12.5 Å². The molecule has 0 saturated heterocycles. The van der Waals surface area contributed by atoms with E-state index in [1.165, 1.54) is 16.3 Å². The average Bonchev–Trinajstić information content (AvgIpc) is 2.26. The van der Waals surface area contributed by atoms with Crippen LogP contribution >= 0.6 is 0 Å². The van der Waals surface area contributed by atoms with E-state index in [9.17, 15) is 0 Å². The van der Waals surface area contributed by atoms with Crippen molar-refractivity contribution in [3.8, 4) is 0 Å². The van der Waals surface area contributed by atoms with Gasteiger partial charge in [0.2, 0.25) is 0 Å². The van der Waals surface area contributed by atoms with Crippen molar-refractivity contribution in [3.63, 3.8) is 0 Å². The quantitative estimate of drug-likeness (QED) is 0.617. The Balaban J connectivity index is 2.41. The van der Waals surface area contributed by atoms with Crippen LogP contribution in [0, 0.1) is 0 Å². The monoisotopic (exact) mass is 182 g/mol. The average molecular weight is 182 g/mol. The minimum absolute atomic E-state index is 1.03. The molecule has 0 nitrogen and oxygen atoms in total. The Kier molecular flexibility index (Phi) is 2.64. The van der Waals surface area contributed by atoms with Gasteiger partial charge in [0.05, 0.1) is 0 Å². The van der Waals surface area contributed by atoms with Crippen LogP contribution in [-0.4, -0.2) is 0 Å². The van der Waals surface area contributed by atoms with Crippen LogP contribution in [0.15, 0.2) is 54.6 Å². The first-order valence-electron chi connectivity index (χ1n) is 4.99. The zero-order valence-corrected chi connectivity index (χ0v) is 8.40. The summed E-state index contributed by atoms with van der Waals surface area (Å²) < 4.78 is 0. The van der Waals surface area contributed by atoms with Crippen molar-refractivity contribution >= 4 is 10.8 Å². The molecule has 14 heavy (non-hydrogen) atoms. The van der Waals surface area contributed by atoms with E-state index in [-0.39, 0.29) is 0 Å². The largest absolute Gasteiger partial charge is 0.0913 e. The third-order valence-electron chi connectivity index (χ3n) is 2.40. The van der Waals surface area contributed by atoms with Crippen LogP contribution in [0.25, 0.3) is 10.8 Å². The molecule has 2 rings (SSSR count). The third-order valence-corrected chi connectivity index (χ3v) is 2.40. The smallest absolute Gasteiger partial charge is 0.00973 e. The lowest BCUT2D eigenvalue weighted by Crippen LogP contribution is -1.80. The van der Waals surface area contributed by atoms with Gasteiger partial charge in [-0.25, -0.2) is 0 Å². The maximum atomic E-state index is 2.26. The van der Waals surface area contributed by atoms with Crippen LogP contribution in [0.4, 0.5) is 0 Å². The van der Waals surface area contributed by atoms with Crippen LogP contribution in [-0.2, 0) is 6.42 Å². The fourth-order valence-corrected chi connectivity index (χ4v) is 1.62. The third kappa shape index (κ3) is 1.85. The lowest BCUT2D eigenvalue weighted by Gasteiger charge is -2.00. The van der Waals surface area contributed by atoms with E-state index < -0.39 is 0 Å². The molecule has 0 N–H and O–H groups in total. The summed E-state index contributed by atoms with van der Waals surface area (Å²) >= 11 is 0. The fraction of sp³-hybridized carbons (Fsp3) is 0.143. The van der Waals surface area contributed by atoms with E-state index in [4.69, 9.17) is 0 Å². The molecular weight excluding hydrogens is 168 g/mol. The topological polar surface area (TPSA) is 0 Å². The van der Waals surface area contributed by atoms with E-state index in [1.54, 1.807) is 0 Å². The first kappa shape index (κ1) is 9.01. The predicted molar refractivity (Wildman–Crippen MR) is 62.5 cm³/mol. The molecule has 0 spiro atoms. The van der Waals surface area contributed by atoms with Gasteiger partial charge in [0.1, 0.15) is 0 Å². The van der Waals surface area contributed by atoms with Gasteiger partial charge in [-0.3, -0.25) is 0 Å². The highest BCUT2D eigenvalue weighted by Gasteiger charge is 1.93. The van der Waals surface area contributed by atoms with Crippen molar-refractivity contribution in [2.24, 2.45) is 0 Å². The number of fused-ring (bicyclic) bond motifs is 1. The van der Waals surface area contributed by atoms with Crippen LogP contribution in [0.5, 0.6) is 0 Å². The molecule has 0 aromatic heterocycles. The number of benzene rings is 2. The molecule has 0 unspecified atom stereocenters. The number of hydrogen-bond acceptors (Lipinski definition) is 0. The van der Waals surface area contributed by atoms with Gasteiger partial charge >= 0.3 is 0 Å². The second-order valence-corrected chi connectivity index (χ2v) is 3.45. The Morgan fingerprint density at radius 1 is 1.00 bits per heavy atom. The summed E-state index contributed by atoms with van der Waals surface area (Å²) in [6.45, 7) is 2.06. The van der Waals surface area contributed by atoms with Gasteiger partial charge in [0, 0.05) is 0 Å². The number of rotatable bonds is 2. The summed E-state index contributed by atoms with van der Waals surface area (Å²) in [7, 11) is 0. The molecule has 0 heteroatoms. The van der Waals surface area contributed by atoms with Crippen molar-refractivity contribution in [1.29, 1.82) is 0 Å². The van der Waals surface area contributed by atoms with Crippen molar-refractivity contribution in [1.82, 2.24) is 0 Å². The van der Waals surface area contributed by atoms with Gasteiger partial charge in [-0.15, -0.1) is 0 Å². The summed E-state index contributed by atoms with van der Waals surface area (Å²) in [4.78, 5) is 0. The summed E-state index contributed by atoms with van der Waals surface area (Å²) in [6.07, 6.45) is 5.31. The van der Waals surface area contributed by atoms with Crippen molar-refractivity contribution in [2.45, 2.75) is 13.3 Å². The van der Waals surface area contributed by atoms with Gasteiger partial charge < -0.3 is 0 Å². The molecule has 0 saturated carbocycles. The minimum Gasteiger partial charge on any atom is -0.0913 e. The maximum Gasteiger partial charge on any atom is -0.00973 e. The molecule has 70 valence electrons. The minimum atomic E-state index is 1.03. The first-order valence-corrected chi connectivity index (χ1v) is 4.99. The Morgan fingerprint density at radius 2 is 1.79 bits per heavy atom. The zero-order valence-electron chi connectivity index (χ0n) is 8.40. The highest BCUT2D eigenvalue weighted by Crippen LogP contribution is 2.15. The van der Waals surface area contributed by atoms with Crippen LogP contribution in [0.3, 0.4) is 0 Å². The second-order valence-electron chi connectivity index (χ2n) is 3.45. The number of hydrogen-bond donors (Lipinski definition) is 0. The molecule has 0 aliphatic rings. The zero-order chi connectivity index (χ0) is 9.80. The van der Waals surface area contributed by atoms with Gasteiger partial charge in [-0.1, -0.05) is 54.6 Å². The molecule has 2 aromatic rings. The van der Waals surface area contributed by atoms with E-state index >= 15 is 0 Å². The molecule has 0 bridgehead atoms. The van der Waals surface area contributed by atoms with Crippen LogP contribution < -0.4 is 0 Å². The van der Waals surface area contributed by atoms with Crippen molar-refractivity contribution < 1.29 is 0 Å². The van der Waals surface area contributed by atoms with E-state index in [0.29, 0.717) is 0 Å². The molecular formula is C14H14. The molecule has 2 aromatic carbocycles. The van der Waals surface area contributed by atoms with Crippen LogP contribution in [0.2, 0.25) is 0 Å². The lowest BCUT2D eigenvalue weighted by molar-refractivity contribution is 1.27. The van der Waals surface area contributed by atoms with Gasteiger partial charge in [0.25, 0.3) is 0 Å². The summed E-state index contributed by atoms with van der Waals surface area (Å²) in [5, 5.41) is 2.64. The standard InChI is InChI=1S/C14H14/c1-2-3-6-12-9-10-13-7-4-5-8-14(13)11-12/h2-5,7-11H,6H2,1H3/b3-2-. The SMILES string of the molecule is C/C=C\Cc1ccc2ccccc2c1. The summed E-state index contributed by atoms with van der Waals surface area (Å²) in [6, 6.07) is 15.1. The molecule has 0 heterocycles. The fourth-order valence-electron chi connectivity index (χ4n) is 1.62. The molecule has 0 radical (unpaired) electrons. The second kappa shape index (κ2) is 4.10. The van der Waals surface area contributed by atoms with Gasteiger partial charge in [-0.2, -0.15) is 0 Å². The molecule has 0 aliphatic heterocycles. The Bertz CT molecular complexity index is 452. The Hall–Kier alpha value is -1.56. The Morgan fingerprint density at radius 3 is 2.57 bits per heavy atom. The van der Waals surface area contributed by atoms with E-state index in [1.807, 2.05) is 0 Å². The highest BCUT2D eigenvalue weighted by molar-refractivity contribution is 5.83. The van der Waals surface area contributed by atoms with E-state index in [0.717, 1.165) is 6.42 Å². The predicted octanol–water partition coefficient (Wildman–Crippen LogP) is 3.96. The first-order chi connectivity index (χ1) is 6.90. The van der Waals surface area contributed by atoms with Gasteiger partial charge in [-0.05, 0) is 29.7 Å². The highest BCUT2D eigenvalue weighted by atomic mass is 14.0. The molecule has 0 fully saturated rings. The van der Waals surface area contributed by atoms with Crippen molar-refractivity contribution in [2.75, 3.05) is 0 Å². The molecule has 0 atom stereocenters. The molecule has 0 amide bonds. The summed E-state index contributed by atoms with van der Waals surface area (Å²) in [5.41, 5.74) is 1.38. The molecule has 0 aliphatic carbocycles.